The highest BCUT2D eigenvalue weighted by Crippen LogP contribution is 2.30. The monoisotopic (exact) mass is 308 g/mol. The number of carbonyl (C=O) groups is 1. The van der Waals surface area contributed by atoms with Crippen LogP contribution >= 0.6 is 11.8 Å². The number of primary amides is 1. The van der Waals surface area contributed by atoms with Crippen molar-refractivity contribution in [1.82, 2.24) is 5.32 Å². The second-order valence-corrected chi connectivity index (χ2v) is 7.12. The Morgan fingerprint density at radius 1 is 1.43 bits per heavy atom. The highest BCUT2D eigenvalue weighted by Gasteiger charge is 2.38. The summed E-state index contributed by atoms with van der Waals surface area (Å²) in [6, 6.07) is 9.96. The van der Waals surface area contributed by atoms with Gasteiger partial charge in [-0.1, -0.05) is 30.3 Å². The second kappa shape index (κ2) is 7.29. The lowest BCUT2D eigenvalue weighted by molar-refractivity contribution is -0.125. The molecule has 1 unspecified atom stereocenters. The summed E-state index contributed by atoms with van der Waals surface area (Å²) in [4.78, 5) is 12.2. The number of hydrogen-bond acceptors (Lipinski definition) is 4. The van der Waals surface area contributed by atoms with Crippen LogP contribution in [0.15, 0.2) is 30.3 Å². The molecule has 0 aliphatic carbocycles. The molecule has 1 aliphatic rings. The molecule has 1 aromatic carbocycles. The highest BCUT2D eigenvalue weighted by atomic mass is 32.2. The van der Waals surface area contributed by atoms with Gasteiger partial charge in [0.25, 0.3) is 0 Å². The van der Waals surface area contributed by atoms with Crippen molar-refractivity contribution in [3.05, 3.63) is 35.9 Å². The number of rotatable bonds is 8. The van der Waals surface area contributed by atoms with E-state index in [1.165, 1.54) is 0 Å². The summed E-state index contributed by atoms with van der Waals surface area (Å²) in [5, 5.41) is 3.96. The fourth-order valence-corrected chi connectivity index (χ4v) is 3.68. The van der Waals surface area contributed by atoms with Gasteiger partial charge >= 0.3 is 0 Å². The highest BCUT2D eigenvalue weighted by molar-refractivity contribution is 8.00. The molecule has 0 aromatic heterocycles. The second-order valence-electron chi connectivity index (χ2n) is 5.71. The first-order chi connectivity index (χ1) is 10.0. The molecule has 5 heteroatoms. The van der Waals surface area contributed by atoms with Crippen LogP contribution in [-0.2, 0) is 15.1 Å². The molecule has 0 radical (unpaired) electrons. The molecule has 21 heavy (non-hydrogen) atoms. The molecular formula is C16H24N2O2S. The summed E-state index contributed by atoms with van der Waals surface area (Å²) in [6.45, 7) is 5.70. The summed E-state index contributed by atoms with van der Waals surface area (Å²) in [5.41, 5.74) is 5.92. The Morgan fingerprint density at radius 3 is 2.57 bits per heavy atom. The van der Waals surface area contributed by atoms with E-state index >= 15 is 0 Å². The molecule has 1 saturated heterocycles. The fourth-order valence-electron chi connectivity index (χ4n) is 2.54. The van der Waals surface area contributed by atoms with Gasteiger partial charge in [-0.05, 0) is 31.6 Å². The predicted molar refractivity (Wildman–Crippen MR) is 87.3 cm³/mol. The minimum Gasteiger partial charge on any atom is -0.379 e. The molecule has 1 aliphatic heterocycles. The normalized spacial score (nSPS) is 18.2. The molecule has 1 heterocycles. The minimum atomic E-state index is -0.799. The van der Waals surface area contributed by atoms with Gasteiger partial charge in [-0.3, -0.25) is 10.1 Å². The Balaban J connectivity index is 2.15. The van der Waals surface area contributed by atoms with E-state index in [1.54, 1.807) is 0 Å². The van der Waals surface area contributed by atoms with Gasteiger partial charge in [0, 0.05) is 6.04 Å². The van der Waals surface area contributed by atoms with E-state index in [-0.39, 0.29) is 11.9 Å². The lowest BCUT2D eigenvalue weighted by Crippen LogP contribution is -2.55. The van der Waals surface area contributed by atoms with Crippen LogP contribution in [-0.4, -0.2) is 36.2 Å². The lowest BCUT2D eigenvalue weighted by atomic mass is 9.85. The zero-order chi connectivity index (χ0) is 15.3. The Morgan fingerprint density at radius 2 is 2.10 bits per heavy atom. The molecule has 116 valence electrons. The molecule has 0 spiro atoms. The van der Waals surface area contributed by atoms with Crippen LogP contribution in [0.5, 0.6) is 0 Å². The zero-order valence-electron chi connectivity index (χ0n) is 12.7. The van der Waals surface area contributed by atoms with Crippen molar-refractivity contribution in [3.8, 4) is 0 Å². The first-order valence-electron chi connectivity index (χ1n) is 7.37. The van der Waals surface area contributed by atoms with E-state index in [2.05, 4.69) is 5.32 Å². The largest absolute Gasteiger partial charge is 0.379 e. The van der Waals surface area contributed by atoms with Crippen molar-refractivity contribution < 1.29 is 9.53 Å². The molecule has 2 rings (SSSR count). The maximum absolute atomic E-state index is 12.2. The van der Waals surface area contributed by atoms with Gasteiger partial charge in [-0.25, -0.2) is 0 Å². The van der Waals surface area contributed by atoms with Crippen molar-refractivity contribution in [3.63, 3.8) is 0 Å². The minimum absolute atomic E-state index is 0.176. The first kappa shape index (κ1) is 16.3. The number of benzene rings is 1. The van der Waals surface area contributed by atoms with Crippen LogP contribution in [0.4, 0.5) is 0 Å². The predicted octanol–water partition coefficient (Wildman–Crippen LogP) is 1.89. The number of thioether (sulfide) groups is 1. The van der Waals surface area contributed by atoms with Crippen LogP contribution in [0.3, 0.4) is 0 Å². The number of nitrogens with two attached hydrogens (primary N) is 1. The Bertz CT molecular complexity index is 463. The smallest absolute Gasteiger partial charge is 0.242 e. The van der Waals surface area contributed by atoms with Gasteiger partial charge in [-0.15, -0.1) is 0 Å². The zero-order valence-corrected chi connectivity index (χ0v) is 13.5. The van der Waals surface area contributed by atoms with Crippen LogP contribution in [0.1, 0.15) is 25.8 Å². The molecule has 1 amide bonds. The fraction of sp³-hybridized carbons (Fsp3) is 0.562. The van der Waals surface area contributed by atoms with Crippen LogP contribution in [0, 0.1) is 0 Å². The van der Waals surface area contributed by atoms with E-state index in [0.717, 1.165) is 24.5 Å². The van der Waals surface area contributed by atoms with Gasteiger partial charge in [-0.2, -0.15) is 11.8 Å². The molecule has 1 aromatic rings. The molecule has 4 nitrogen and oxygen atoms in total. The standard InChI is InChI=1S/C16H24N2O2S/c1-12(2)18-16(15(17)19,13-6-4-3-5-7-13)8-9-21-14-10-20-11-14/h3-7,12,14,18H,8-11H2,1-2H3,(H2,17,19). The lowest BCUT2D eigenvalue weighted by Gasteiger charge is -2.35. The summed E-state index contributed by atoms with van der Waals surface area (Å²) in [7, 11) is 0. The Labute approximate surface area is 130 Å². The van der Waals surface area contributed by atoms with E-state index in [0.29, 0.717) is 11.7 Å². The average molecular weight is 308 g/mol. The Hall–Kier alpha value is -1.04. The molecule has 0 bridgehead atoms. The summed E-state index contributed by atoms with van der Waals surface area (Å²) < 4.78 is 5.19. The maximum Gasteiger partial charge on any atom is 0.242 e. The molecule has 1 atom stereocenters. The first-order valence-corrected chi connectivity index (χ1v) is 8.42. The summed E-state index contributed by atoms with van der Waals surface area (Å²) in [6.07, 6.45) is 0.686. The van der Waals surface area contributed by atoms with Crippen molar-refractivity contribution in [2.24, 2.45) is 5.73 Å². The molecule has 0 saturated carbocycles. The number of amides is 1. The SMILES string of the molecule is CC(C)NC(CCSC1COC1)(C(N)=O)c1ccccc1. The summed E-state index contributed by atoms with van der Waals surface area (Å²) in [5.74, 6) is 0.568. The van der Waals surface area contributed by atoms with Gasteiger partial charge in [0.2, 0.25) is 5.91 Å². The summed E-state index contributed by atoms with van der Waals surface area (Å²) >= 11 is 1.86. The quantitative estimate of drug-likeness (QED) is 0.770. The number of ether oxygens (including phenoxy) is 1. The van der Waals surface area contributed by atoms with E-state index in [1.807, 2.05) is 55.9 Å². The number of nitrogens with one attached hydrogen (secondary N) is 1. The maximum atomic E-state index is 12.2. The molecule has 3 N–H and O–H groups in total. The average Bonchev–Trinajstić information content (AvgIpc) is 2.40. The van der Waals surface area contributed by atoms with Gasteiger partial charge < -0.3 is 10.5 Å². The van der Waals surface area contributed by atoms with Crippen molar-refractivity contribution in [2.45, 2.75) is 37.1 Å². The van der Waals surface area contributed by atoms with Crippen molar-refractivity contribution in [2.75, 3.05) is 19.0 Å². The van der Waals surface area contributed by atoms with E-state index in [9.17, 15) is 4.79 Å². The third kappa shape index (κ3) is 3.99. The molecule has 1 fully saturated rings. The molecular weight excluding hydrogens is 284 g/mol. The third-order valence-corrected chi connectivity index (χ3v) is 4.84. The Kier molecular flexibility index (Phi) is 5.67. The number of carbonyl (C=O) groups excluding carboxylic acids is 1. The van der Waals surface area contributed by atoms with E-state index < -0.39 is 5.54 Å². The van der Waals surface area contributed by atoms with Crippen molar-refractivity contribution in [1.29, 1.82) is 0 Å². The van der Waals surface area contributed by atoms with Gasteiger partial charge in [0.05, 0.1) is 18.5 Å². The van der Waals surface area contributed by atoms with E-state index in [4.69, 9.17) is 10.5 Å². The van der Waals surface area contributed by atoms with Gasteiger partial charge in [0.1, 0.15) is 5.54 Å². The third-order valence-electron chi connectivity index (χ3n) is 3.66. The number of hydrogen-bond donors (Lipinski definition) is 2. The van der Waals surface area contributed by atoms with Crippen LogP contribution in [0.25, 0.3) is 0 Å². The van der Waals surface area contributed by atoms with Crippen molar-refractivity contribution >= 4 is 17.7 Å². The van der Waals surface area contributed by atoms with Gasteiger partial charge in [0.15, 0.2) is 0 Å². The topological polar surface area (TPSA) is 64.3 Å². The van der Waals surface area contributed by atoms with Crippen LogP contribution < -0.4 is 11.1 Å². The van der Waals surface area contributed by atoms with Crippen LogP contribution in [0.2, 0.25) is 0 Å².